The Balaban J connectivity index is 1.88. The van der Waals surface area contributed by atoms with Crippen LogP contribution in [0.4, 0.5) is 8.78 Å². The minimum Gasteiger partial charge on any atom is -0.311 e. The van der Waals surface area contributed by atoms with Gasteiger partial charge in [0.25, 0.3) is 0 Å². The monoisotopic (exact) mass is 329 g/mol. The lowest BCUT2D eigenvalue weighted by Crippen LogP contribution is -2.21. The smallest absolute Gasteiger partial charge is 0.144 e. The molecule has 2 aromatic rings. The molecule has 0 amide bonds. The second kappa shape index (κ2) is 6.25. The van der Waals surface area contributed by atoms with Crippen LogP contribution >= 0.6 is 15.9 Å². The van der Waals surface area contributed by atoms with E-state index in [4.69, 9.17) is 0 Å². The third-order valence-electron chi connectivity index (χ3n) is 2.72. The van der Waals surface area contributed by atoms with E-state index in [1.807, 2.05) is 13.1 Å². The second-order valence-electron chi connectivity index (χ2n) is 4.28. The van der Waals surface area contributed by atoms with E-state index in [1.54, 1.807) is 10.9 Å². The third-order valence-corrected chi connectivity index (χ3v) is 3.33. The number of benzene rings is 1. The van der Waals surface area contributed by atoms with E-state index in [2.05, 4.69) is 26.3 Å². The Morgan fingerprint density at radius 3 is 2.84 bits per heavy atom. The van der Waals surface area contributed by atoms with E-state index in [0.717, 1.165) is 5.56 Å². The van der Waals surface area contributed by atoms with Gasteiger partial charge in [0.1, 0.15) is 11.6 Å². The van der Waals surface area contributed by atoms with Gasteiger partial charge in [0, 0.05) is 24.8 Å². The lowest BCUT2D eigenvalue weighted by Gasteiger charge is -2.08. The van der Waals surface area contributed by atoms with Gasteiger partial charge < -0.3 is 5.32 Å². The van der Waals surface area contributed by atoms with E-state index < -0.39 is 11.6 Å². The summed E-state index contributed by atoms with van der Waals surface area (Å²) in [6.07, 6.45) is 3.69. The highest BCUT2D eigenvalue weighted by molar-refractivity contribution is 9.10. The first-order chi connectivity index (χ1) is 9.08. The van der Waals surface area contributed by atoms with Crippen molar-refractivity contribution in [1.29, 1.82) is 0 Å². The molecule has 3 nitrogen and oxygen atoms in total. The molecule has 1 aromatic heterocycles. The molecule has 0 unspecified atom stereocenters. The van der Waals surface area contributed by atoms with Crippen LogP contribution in [0.25, 0.3) is 0 Å². The van der Waals surface area contributed by atoms with E-state index >= 15 is 0 Å². The molecule has 0 saturated carbocycles. The van der Waals surface area contributed by atoms with Crippen molar-refractivity contribution in [3.8, 4) is 0 Å². The van der Waals surface area contributed by atoms with Crippen LogP contribution in [-0.2, 0) is 13.1 Å². The van der Waals surface area contributed by atoms with E-state index in [-0.39, 0.29) is 16.6 Å². The fourth-order valence-electron chi connectivity index (χ4n) is 1.73. The first kappa shape index (κ1) is 14.1. The van der Waals surface area contributed by atoms with Crippen molar-refractivity contribution in [1.82, 2.24) is 15.1 Å². The maximum Gasteiger partial charge on any atom is 0.144 e. The fraction of sp³-hybridized carbons (Fsp3) is 0.308. The number of hydrogen-bond acceptors (Lipinski definition) is 2. The predicted octanol–water partition coefficient (Wildman–Crippen LogP) is 3.02. The summed E-state index contributed by atoms with van der Waals surface area (Å²) in [6.45, 7) is 3.36. The number of rotatable bonds is 5. The van der Waals surface area contributed by atoms with Gasteiger partial charge in [-0.25, -0.2) is 8.78 Å². The van der Waals surface area contributed by atoms with Gasteiger partial charge in [0.15, 0.2) is 0 Å². The molecule has 6 heteroatoms. The molecule has 0 spiro atoms. The molecular formula is C13H14BrF2N3. The lowest BCUT2D eigenvalue weighted by atomic mass is 10.2. The van der Waals surface area contributed by atoms with Crippen LogP contribution in [0.3, 0.4) is 0 Å². The minimum absolute atomic E-state index is 0.0472. The molecule has 0 saturated heterocycles. The van der Waals surface area contributed by atoms with Crippen molar-refractivity contribution in [2.24, 2.45) is 0 Å². The van der Waals surface area contributed by atoms with Crippen LogP contribution in [0.2, 0.25) is 0 Å². The van der Waals surface area contributed by atoms with E-state index in [0.29, 0.717) is 13.1 Å². The van der Waals surface area contributed by atoms with Gasteiger partial charge in [-0.1, -0.05) is 0 Å². The average Bonchev–Trinajstić information content (AvgIpc) is 2.79. The largest absolute Gasteiger partial charge is 0.311 e. The Morgan fingerprint density at radius 2 is 2.16 bits per heavy atom. The van der Waals surface area contributed by atoms with Crippen molar-refractivity contribution < 1.29 is 8.78 Å². The molecule has 1 N–H and O–H groups in total. The van der Waals surface area contributed by atoms with Gasteiger partial charge in [0.05, 0.1) is 17.2 Å². The molecule has 1 heterocycles. The van der Waals surface area contributed by atoms with E-state index in [1.165, 1.54) is 12.1 Å². The van der Waals surface area contributed by atoms with Crippen LogP contribution in [0.15, 0.2) is 29.0 Å². The molecule has 102 valence electrons. The van der Waals surface area contributed by atoms with Crippen molar-refractivity contribution >= 4 is 15.9 Å². The Bertz CT molecular complexity index is 569. The van der Waals surface area contributed by atoms with Gasteiger partial charge in [-0.15, -0.1) is 0 Å². The summed E-state index contributed by atoms with van der Waals surface area (Å²) >= 11 is 3.05. The quantitative estimate of drug-likeness (QED) is 0.675. The molecular weight excluding hydrogens is 316 g/mol. The number of hydrogen-bond donors (Lipinski definition) is 1. The van der Waals surface area contributed by atoms with Gasteiger partial charge >= 0.3 is 0 Å². The van der Waals surface area contributed by atoms with Crippen LogP contribution in [0, 0.1) is 18.6 Å². The summed E-state index contributed by atoms with van der Waals surface area (Å²) in [5.74, 6) is -1.09. The molecule has 2 rings (SSSR count). The fourth-order valence-corrected chi connectivity index (χ4v) is 2.10. The topological polar surface area (TPSA) is 29.9 Å². The standard InChI is InChI=1S/C13H14BrF2N3/c1-9-6-18-19(8-9)5-4-17-7-10-12(15)3-2-11(14)13(10)16/h2-3,6,8,17H,4-5,7H2,1H3. The molecule has 19 heavy (non-hydrogen) atoms. The number of nitrogens with one attached hydrogen (secondary N) is 1. The summed E-state index contributed by atoms with van der Waals surface area (Å²) in [5.41, 5.74) is 1.13. The zero-order valence-corrected chi connectivity index (χ0v) is 12.0. The highest BCUT2D eigenvalue weighted by Gasteiger charge is 2.11. The van der Waals surface area contributed by atoms with Gasteiger partial charge in [-0.2, -0.15) is 5.10 Å². The highest BCUT2D eigenvalue weighted by atomic mass is 79.9. The Morgan fingerprint density at radius 1 is 1.37 bits per heavy atom. The van der Waals surface area contributed by atoms with Gasteiger partial charge in [-0.05, 0) is 40.5 Å². The summed E-state index contributed by atoms with van der Waals surface area (Å²) in [4.78, 5) is 0. The first-order valence-electron chi connectivity index (χ1n) is 5.90. The van der Waals surface area contributed by atoms with Crippen molar-refractivity contribution in [3.05, 3.63) is 51.8 Å². The lowest BCUT2D eigenvalue weighted by molar-refractivity contribution is 0.511. The second-order valence-corrected chi connectivity index (χ2v) is 5.13. The maximum absolute atomic E-state index is 13.7. The molecule has 0 aliphatic rings. The normalized spacial score (nSPS) is 10.9. The van der Waals surface area contributed by atoms with Crippen LogP contribution < -0.4 is 5.32 Å². The van der Waals surface area contributed by atoms with Crippen LogP contribution in [-0.4, -0.2) is 16.3 Å². The number of halogens is 3. The maximum atomic E-state index is 13.7. The van der Waals surface area contributed by atoms with E-state index in [9.17, 15) is 8.78 Å². The van der Waals surface area contributed by atoms with Gasteiger partial charge in [0.2, 0.25) is 0 Å². The Labute approximate surface area is 118 Å². The summed E-state index contributed by atoms with van der Waals surface area (Å²) < 4.78 is 29.2. The summed E-state index contributed by atoms with van der Waals surface area (Å²) in [6, 6.07) is 2.61. The summed E-state index contributed by atoms with van der Waals surface area (Å²) in [5, 5.41) is 7.14. The third kappa shape index (κ3) is 3.61. The molecule has 0 atom stereocenters. The molecule has 0 fully saturated rings. The first-order valence-corrected chi connectivity index (χ1v) is 6.69. The number of aromatic nitrogens is 2. The average molecular weight is 330 g/mol. The predicted molar refractivity (Wildman–Crippen MR) is 72.7 cm³/mol. The molecule has 0 aliphatic heterocycles. The molecule has 1 aromatic carbocycles. The van der Waals surface area contributed by atoms with Crippen LogP contribution in [0.1, 0.15) is 11.1 Å². The zero-order valence-electron chi connectivity index (χ0n) is 10.5. The van der Waals surface area contributed by atoms with Crippen LogP contribution in [0.5, 0.6) is 0 Å². The highest BCUT2D eigenvalue weighted by Crippen LogP contribution is 2.21. The SMILES string of the molecule is Cc1cnn(CCNCc2c(F)ccc(Br)c2F)c1. The van der Waals surface area contributed by atoms with Crippen molar-refractivity contribution in [2.75, 3.05) is 6.54 Å². The van der Waals surface area contributed by atoms with Crippen molar-refractivity contribution in [3.63, 3.8) is 0 Å². The Hall–Kier alpha value is -1.27. The minimum atomic E-state index is -0.553. The number of aryl methyl sites for hydroxylation is 1. The molecule has 0 aliphatic carbocycles. The molecule has 0 bridgehead atoms. The molecule has 0 radical (unpaired) electrons. The Kier molecular flexibility index (Phi) is 4.66. The summed E-state index contributed by atoms with van der Waals surface area (Å²) in [7, 11) is 0. The number of nitrogens with zero attached hydrogens (tertiary/aromatic N) is 2. The zero-order chi connectivity index (χ0) is 13.8. The van der Waals surface area contributed by atoms with Gasteiger partial charge in [-0.3, -0.25) is 4.68 Å². The van der Waals surface area contributed by atoms with Crippen molar-refractivity contribution in [2.45, 2.75) is 20.0 Å².